The van der Waals surface area contributed by atoms with Crippen LogP contribution in [0.5, 0.6) is 5.88 Å². The lowest BCUT2D eigenvalue weighted by molar-refractivity contribution is 0.395. The van der Waals surface area contributed by atoms with E-state index in [1.165, 1.54) is 12.4 Å². The fourth-order valence-corrected chi connectivity index (χ4v) is 2.04. The van der Waals surface area contributed by atoms with Crippen molar-refractivity contribution in [2.45, 2.75) is 12.5 Å². The Bertz CT molecular complexity index is 594. The SMILES string of the molecule is CNC(Cc1cc(OC)ncn1)c1ccc(Cl)c(F)c1. The van der Waals surface area contributed by atoms with Crippen LogP contribution in [-0.4, -0.2) is 24.1 Å². The molecular weight excluding hydrogens is 281 g/mol. The number of hydrogen-bond acceptors (Lipinski definition) is 4. The molecule has 0 aliphatic carbocycles. The average Bonchev–Trinajstić information content (AvgIpc) is 2.48. The predicted molar refractivity (Wildman–Crippen MR) is 75.5 cm³/mol. The molecule has 0 saturated carbocycles. The highest BCUT2D eigenvalue weighted by Gasteiger charge is 2.13. The molecule has 2 aromatic rings. The summed E-state index contributed by atoms with van der Waals surface area (Å²) in [4.78, 5) is 8.15. The van der Waals surface area contributed by atoms with E-state index in [0.29, 0.717) is 12.3 Å². The number of nitrogens with one attached hydrogen (secondary N) is 1. The van der Waals surface area contributed by atoms with Crippen molar-refractivity contribution in [3.8, 4) is 5.88 Å². The van der Waals surface area contributed by atoms with E-state index in [4.69, 9.17) is 16.3 Å². The Morgan fingerprint density at radius 1 is 1.35 bits per heavy atom. The fourth-order valence-electron chi connectivity index (χ4n) is 1.93. The first-order valence-electron chi connectivity index (χ1n) is 6.11. The van der Waals surface area contributed by atoms with Crippen LogP contribution >= 0.6 is 11.6 Å². The van der Waals surface area contributed by atoms with Crippen molar-refractivity contribution in [2.24, 2.45) is 0 Å². The molecule has 0 spiro atoms. The van der Waals surface area contributed by atoms with E-state index >= 15 is 0 Å². The lowest BCUT2D eigenvalue weighted by Gasteiger charge is -2.16. The Balaban J connectivity index is 2.21. The molecule has 0 saturated heterocycles. The van der Waals surface area contributed by atoms with Gasteiger partial charge in [-0.25, -0.2) is 14.4 Å². The number of ether oxygens (including phenoxy) is 1. The van der Waals surface area contributed by atoms with Crippen molar-refractivity contribution < 1.29 is 9.13 Å². The van der Waals surface area contributed by atoms with Crippen molar-refractivity contribution in [3.05, 3.63) is 52.7 Å². The van der Waals surface area contributed by atoms with Crippen molar-refractivity contribution >= 4 is 11.6 Å². The summed E-state index contributed by atoms with van der Waals surface area (Å²) in [5, 5.41) is 3.26. The molecule has 0 bridgehead atoms. The Morgan fingerprint density at radius 3 is 2.80 bits per heavy atom. The molecule has 0 aliphatic rings. The second kappa shape index (κ2) is 6.63. The Morgan fingerprint density at radius 2 is 2.15 bits per heavy atom. The standard InChI is InChI=1S/C14H15ClFN3O/c1-17-13(9-3-4-11(15)12(16)5-9)6-10-7-14(20-2)19-8-18-10/h3-5,7-8,13,17H,6H2,1-2H3. The highest BCUT2D eigenvalue weighted by Crippen LogP contribution is 2.23. The Labute approximate surface area is 122 Å². The molecule has 2 rings (SSSR count). The smallest absolute Gasteiger partial charge is 0.216 e. The number of likely N-dealkylation sites (N-methyl/N-ethyl adjacent to an activating group) is 1. The molecular formula is C14H15ClFN3O. The number of nitrogens with zero attached hydrogens (tertiary/aromatic N) is 2. The third-order valence-electron chi connectivity index (χ3n) is 3.02. The number of halogens is 2. The normalized spacial score (nSPS) is 12.2. The van der Waals surface area contributed by atoms with Gasteiger partial charge in [0, 0.05) is 24.2 Å². The van der Waals surface area contributed by atoms with Gasteiger partial charge in [0.15, 0.2) is 0 Å². The minimum atomic E-state index is -0.426. The van der Waals surface area contributed by atoms with E-state index in [1.54, 1.807) is 25.3 Å². The van der Waals surface area contributed by atoms with E-state index in [9.17, 15) is 4.39 Å². The topological polar surface area (TPSA) is 47.0 Å². The van der Waals surface area contributed by atoms with E-state index in [1.807, 2.05) is 7.05 Å². The Kier molecular flexibility index (Phi) is 4.87. The maximum Gasteiger partial charge on any atom is 0.216 e. The lowest BCUT2D eigenvalue weighted by Crippen LogP contribution is -2.19. The van der Waals surface area contributed by atoms with Crippen LogP contribution in [0.15, 0.2) is 30.6 Å². The molecule has 0 fully saturated rings. The molecule has 1 aromatic carbocycles. The van der Waals surface area contributed by atoms with Gasteiger partial charge in [0.1, 0.15) is 12.1 Å². The van der Waals surface area contributed by atoms with Crippen LogP contribution in [0.3, 0.4) is 0 Å². The molecule has 4 nitrogen and oxygen atoms in total. The number of hydrogen-bond donors (Lipinski definition) is 1. The molecule has 1 heterocycles. The second-order valence-electron chi connectivity index (χ2n) is 4.27. The van der Waals surface area contributed by atoms with Crippen molar-refractivity contribution in [1.29, 1.82) is 0 Å². The molecule has 1 aromatic heterocycles. The van der Waals surface area contributed by atoms with Crippen LogP contribution in [0.25, 0.3) is 0 Å². The van der Waals surface area contributed by atoms with E-state index < -0.39 is 5.82 Å². The van der Waals surface area contributed by atoms with E-state index in [-0.39, 0.29) is 11.1 Å². The number of methoxy groups -OCH3 is 1. The Hall–Kier alpha value is -1.72. The zero-order valence-corrected chi connectivity index (χ0v) is 12.0. The molecule has 0 aliphatic heterocycles. The van der Waals surface area contributed by atoms with Crippen LogP contribution in [0, 0.1) is 5.82 Å². The maximum absolute atomic E-state index is 13.5. The minimum Gasteiger partial charge on any atom is -0.481 e. The lowest BCUT2D eigenvalue weighted by atomic mass is 10.0. The van der Waals surface area contributed by atoms with Gasteiger partial charge < -0.3 is 10.1 Å². The highest BCUT2D eigenvalue weighted by molar-refractivity contribution is 6.30. The van der Waals surface area contributed by atoms with Gasteiger partial charge in [0.05, 0.1) is 12.1 Å². The summed E-state index contributed by atoms with van der Waals surface area (Å²) in [6, 6.07) is 6.47. The summed E-state index contributed by atoms with van der Waals surface area (Å²) in [6.07, 6.45) is 2.04. The average molecular weight is 296 g/mol. The summed E-state index contributed by atoms with van der Waals surface area (Å²) in [5.74, 6) is 0.0804. The summed E-state index contributed by atoms with van der Waals surface area (Å²) in [6.45, 7) is 0. The van der Waals surface area contributed by atoms with Crippen LogP contribution in [0.1, 0.15) is 17.3 Å². The molecule has 6 heteroatoms. The monoisotopic (exact) mass is 295 g/mol. The summed E-state index contributed by atoms with van der Waals surface area (Å²) >= 11 is 5.70. The number of aromatic nitrogens is 2. The van der Waals surface area contributed by atoms with Crippen LogP contribution in [-0.2, 0) is 6.42 Å². The maximum atomic E-state index is 13.5. The molecule has 20 heavy (non-hydrogen) atoms. The van der Waals surface area contributed by atoms with Gasteiger partial charge in [-0.1, -0.05) is 17.7 Å². The fraction of sp³-hybridized carbons (Fsp3) is 0.286. The van der Waals surface area contributed by atoms with Crippen LogP contribution < -0.4 is 10.1 Å². The third-order valence-corrected chi connectivity index (χ3v) is 3.32. The van der Waals surface area contributed by atoms with Gasteiger partial charge in [-0.2, -0.15) is 0 Å². The second-order valence-corrected chi connectivity index (χ2v) is 4.68. The quantitative estimate of drug-likeness (QED) is 0.921. The van der Waals surface area contributed by atoms with Crippen molar-refractivity contribution in [2.75, 3.05) is 14.2 Å². The summed E-state index contributed by atoms with van der Waals surface area (Å²) in [7, 11) is 3.37. The predicted octanol–water partition coefficient (Wildman–Crippen LogP) is 2.78. The molecule has 1 unspecified atom stereocenters. The summed E-state index contributed by atoms with van der Waals surface area (Å²) < 4.78 is 18.6. The summed E-state index contributed by atoms with van der Waals surface area (Å²) in [5.41, 5.74) is 1.62. The first-order valence-corrected chi connectivity index (χ1v) is 6.49. The molecule has 0 radical (unpaired) electrons. The molecule has 106 valence electrons. The van der Waals surface area contributed by atoms with Crippen LogP contribution in [0.2, 0.25) is 5.02 Å². The first-order chi connectivity index (χ1) is 9.63. The largest absolute Gasteiger partial charge is 0.481 e. The highest BCUT2D eigenvalue weighted by atomic mass is 35.5. The van der Waals surface area contributed by atoms with Gasteiger partial charge in [-0.3, -0.25) is 0 Å². The first kappa shape index (κ1) is 14.7. The van der Waals surface area contributed by atoms with Gasteiger partial charge in [0.25, 0.3) is 0 Å². The molecule has 1 N–H and O–H groups in total. The van der Waals surface area contributed by atoms with E-state index in [0.717, 1.165) is 11.3 Å². The molecule has 1 atom stereocenters. The third kappa shape index (κ3) is 3.43. The zero-order chi connectivity index (χ0) is 14.5. The number of rotatable bonds is 5. The van der Waals surface area contributed by atoms with E-state index in [2.05, 4.69) is 15.3 Å². The van der Waals surface area contributed by atoms with Gasteiger partial charge >= 0.3 is 0 Å². The number of benzene rings is 1. The van der Waals surface area contributed by atoms with Crippen molar-refractivity contribution in [3.63, 3.8) is 0 Å². The van der Waals surface area contributed by atoms with Gasteiger partial charge in [-0.15, -0.1) is 0 Å². The van der Waals surface area contributed by atoms with Crippen molar-refractivity contribution in [1.82, 2.24) is 15.3 Å². The van der Waals surface area contributed by atoms with Gasteiger partial charge in [0.2, 0.25) is 5.88 Å². The molecule has 0 amide bonds. The minimum absolute atomic E-state index is 0.0682. The van der Waals surface area contributed by atoms with Gasteiger partial charge in [-0.05, 0) is 24.7 Å². The zero-order valence-electron chi connectivity index (χ0n) is 11.2. The van der Waals surface area contributed by atoms with Crippen LogP contribution in [0.4, 0.5) is 4.39 Å².